The highest BCUT2D eigenvalue weighted by atomic mass is 16.2. The number of rotatable bonds is 5. The monoisotopic (exact) mass is 339 g/mol. The van der Waals surface area contributed by atoms with Crippen LogP contribution in [0.2, 0.25) is 0 Å². The van der Waals surface area contributed by atoms with Gasteiger partial charge in [0.2, 0.25) is 5.95 Å². The number of nitrogens with zero attached hydrogens (tertiary/aromatic N) is 5. The zero-order valence-electron chi connectivity index (χ0n) is 14.9. The molecule has 0 aliphatic carbocycles. The van der Waals surface area contributed by atoms with Crippen molar-refractivity contribution in [3.63, 3.8) is 0 Å². The van der Waals surface area contributed by atoms with Crippen LogP contribution in [0.15, 0.2) is 36.9 Å². The molecule has 0 N–H and O–H groups in total. The fraction of sp³-hybridized carbons (Fsp3) is 0.474. The van der Waals surface area contributed by atoms with Gasteiger partial charge in [0.1, 0.15) is 0 Å². The largest absolute Gasteiger partial charge is 0.341 e. The van der Waals surface area contributed by atoms with Gasteiger partial charge in [-0.05, 0) is 42.9 Å². The van der Waals surface area contributed by atoms with Crippen molar-refractivity contribution in [2.24, 2.45) is 5.92 Å². The van der Waals surface area contributed by atoms with E-state index in [0.717, 1.165) is 31.4 Å². The molecule has 0 atom stereocenters. The number of hydrogen-bond acceptors (Lipinski definition) is 5. The molecule has 2 aromatic rings. The Labute approximate surface area is 148 Å². The molecule has 3 rings (SSSR count). The minimum atomic E-state index is -0.0483. The Hall–Kier alpha value is -2.50. The number of anilines is 1. The molecule has 1 amide bonds. The van der Waals surface area contributed by atoms with E-state index in [1.54, 1.807) is 29.7 Å². The average molecular weight is 339 g/mol. The second-order valence-electron chi connectivity index (χ2n) is 6.77. The molecular formula is C19H25N5O. The number of hydrogen-bond donors (Lipinski definition) is 0. The summed E-state index contributed by atoms with van der Waals surface area (Å²) in [5.74, 6) is 1.45. The lowest BCUT2D eigenvalue weighted by molar-refractivity contribution is 0.0796. The van der Waals surface area contributed by atoms with Crippen molar-refractivity contribution < 1.29 is 4.79 Å². The van der Waals surface area contributed by atoms with Gasteiger partial charge in [-0.15, -0.1) is 0 Å². The Bertz CT molecular complexity index is 681. The third-order valence-corrected chi connectivity index (χ3v) is 4.78. The number of amides is 1. The van der Waals surface area contributed by atoms with Gasteiger partial charge in [0, 0.05) is 51.5 Å². The third-order valence-electron chi connectivity index (χ3n) is 4.78. The van der Waals surface area contributed by atoms with Crippen LogP contribution < -0.4 is 4.90 Å². The van der Waals surface area contributed by atoms with Gasteiger partial charge < -0.3 is 9.80 Å². The first-order valence-electron chi connectivity index (χ1n) is 8.85. The van der Waals surface area contributed by atoms with Crippen LogP contribution in [0.3, 0.4) is 0 Å². The number of aromatic nitrogens is 3. The van der Waals surface area contributed by atoms with E-state index in [-0.39, 0.29) is 5.91 Å². The van der Waals surface area contributed by atoms with E-state index in [4.69, 9.17) is 0 Å². The Kier molecular flexibility index (Phi) is 5.58. The normalized spacial score (nSPS) is 15.2. The summed E-state index contributed by atoms with van der Waals surface area (Å²) >= 11 is 0. The van der Waals surface area contributed by atoms with Gasteiger partial charge in [-0.3, -0.25) is 9.78 Å². The number of likely N-dealkylation sites (N-methyl/N-ethyl adjacent to an activating group) is 1. The number of piperidine rings is 1. The quantitative estimate of drug-likeness (QED) is 0.837. The lowest BCUT2D eigenvalue weighted by Gasteiger charge is -2.30. The Balaban J connectivity index is 1.56. The van der Waals surface area contributed by atoms with E-state index in [9.17, 15) is 4.79 Å². The average Bonchev–Trinajstić information content (AvgIpc) is 2.67. The summed E-state index contributed by atoms with van der Waals surface area (Å²) in [6.07, 6.45) is 9.96. The molecule has 0 unspecified atom stereocenters. The molecule has 0 radical (unpaired) electrons. The summed E-state index contributed by atoms with van der Waals surface area (Å²) in [5.41, 5.74) is 1.70. The summed E-state index contributed by atoms with van der Waals surface area (Å²) in [6, 6.07) is 3.94. The first-order valence-corrected chi connectivity index (χ1v) is 8.85. The van der Waals surface area contributed by atoms with Gasteiger partial charge >= 0.3 is 0 Å². The number of carbonyl (C=O) groups excluding carboxylic acids is 1. The van der Waals surface area contributed by atoms with E-state index in [1.165, 1.54) is 18.4 Å². The molecule has 1 aliphatic rings. The van der Waals surface area contributed by atoms with E-state index in [1.807, 2.05) is 19.2 Å². The standard InChI is InChI=1S/C19H25N5O/c1-15-5-11-24(12-6-15)19-21-13-17(14-22-19)18(25)23(2)10-7-16-3-8-20-9-4-16/h3-4,8-9,13-15H,5-7,10-12H2,1-2H3. The van der Waals surface area contributed by atoms with Gasteiger partial charge in [-0.2, -0.15) is 0 Å². The van der Waals surface area contributed by atoms with E-state index < -0.39 is 0 Å². The minimum absolute atomic E-state index is 0.0483. The van der Waals surface area contributed by atoms with Crippen molar-refractivity contribution in [3.8, 4) is 0 Å². The molecule has 3 heterocycles. The van der Waals surface area contributed by atoms with Crippen molar-refractivity contribution in [2.45, 2.75) is 26.2 Å². The van der Waals surface area contributed by atoms with Gasteiger partial charge in [0.15, 0.2) is 0 Å². The molecule has 0 saturated carbocycles. The van der Waals surface area contributed by atoms with Gasteiger partial charge in [0.25, 0.3) is 5.91 Å². The number of carbonyl (C=O) groups is 1. The third kappa shape index (κ3) is 4.53. The lowest BCUT2D eigenvalue weighted by Crippen LogP contribution is -2.34. The summed E-state index contributed by atoms with van der Waals surface area (Å²) in [6.45, 7) is 4.90. The first kappa shape index (κ1) is 17.3. The van der Waals surface area contributed by atoms with Crippen molar-refractivity contribution in [1.29, 1.82) is 0 Å². The van der Waals surface area contributed by atoms with Crippen LogP contribution in [-0.4, -0.2) is 52.4 Å². The molecule has 1 aliphatic heterocycles. The van der Waals surface area contributed by atoms with Crippen LogP contribution in [0.4, 0.5) is 5.95 Å². The maximum atomic E-state index is 12.5. The van der Waals surface area contributed by atoms with Crippen LogP contribution >= 0.6 is 0 Å². The maximum Gasteiger partial charge on any atom is 0.256 e. The molecular weight excluding hydrogens is 314 g/mol. The molecule has 0 bridgehead atoms. The van der Waals surface area contributed by atoms with Crippen LogP contribution in [0.1, 0.15) is 35.7 Å². The molecule has 0 spiro atoms. The molecule has 25 heavy (non-hydrogen) atoms. The molecule has 2 aromatic heterocycles. The van der Waals surface area contributed by atoms with Crippen LogP contribution in [-0.2, 0) is 6.42 Å². The summed E-state index contributed by atoms with van der Waals surface area (Å²) < 4.78 is 0. The van der Waals surface area contributed by atoms with E-state index >= 15 is 0 Å². The van der Waals surface area contributed by atoms with Crippen molar-refractivity contribution >= 4 is 11.9 Å². The van der Waals surface area contributed by atoms with Crippen LogP contribution in [0.25, 0.3) is 0 Å². The zero-order chi connectivity index (χ0) is 17.6. The van der Waals surface area contributed by atoms with Crippen LogP contribution in [0, 0.1) is 5.92 Å². The molecule has 0 aromatic carbocycles. The minimum Gasteiger partial charge on any atom is -0.341 e. The highest BCUT2D eigenvalue weighted by Crippen LogP contribution is 2.19. The maximum absolute atomic E-state index is 12.5. The number of pyridine rings is 1. The SMILES string of the molecule is CC1CCN(c2ncc(C(=O)N(C)CCc3ccncc3)cn2)CC1. The Morgan fingerprint density at radius 1 is 1.20 bits per heavy atom. The predicted molar refractivity (Wildman–Crippen MR) is 97.5 cm³/mol. The molecule has 6 nitrogen and oxygen atoms in total. The smallest absolute Gasteiger partial charge is 0.256 e. The Morgan fingerprint density at radius 2 is 1.84 bits per heavy atom. The zero-order valence-corrected chi connectivity index (χ0v) is 14.9. The molecule has 6 heteroatoms. The lowest BCUT2D eigenvalue weighted by atomic mass is 10.00. The van der Waals surface area contributed by atoms with Gasteiger partial charge in [-0.1, -0.05) is 6.92 Å². The second-order valence-corrected chi connectivity index (χ2v) is 6.77. The summed E-state index contributed by atoms with van der Waals surface area (Å²) in [4.78, 5) is 29.2. The van der Waals surface area contributed by atoms with Gasteiger partial charge in [0.05, 0.1) is 5.56 Å². The van der Waals surface area contributed by atoms with E-state index in [2.05, 4.69) is 26.8 Å². The fourth-order valence-electron chi connectivity index (χ4n) is 2.97. The molecule has 132 valence electrons. The van der Waals surface area contributed by atoms with Crippen LogP contribution in [0.5, 0.6) is 0 Å². The highest BCUT2D eigenvalue weighted by Gasteiger charge is 2.19. The van der Waals surface area contributed by atoms with Gasteiger partial charge in [-0.25, -0.2) is 9.97 Å². The predicted octanol–water partition coefficient (Wildman–Crippen LogP) is 2.42. The summed E-state index contributed by atoms with van der Waals surface area (Å²) in [5, 5.41) is 0. The van der Waals surface area contributed by atoms with Crippen molar-refractivity contribution in [1.82, 2.24) is 19.9 Å². The summed E-state index contributed by atoms with van der Waals surface area (Å²) in [7, 11) is 1.81. The molecule has 1 saturated heterocycles. The van der Waals surface area contributed by atoms with E-state index in [0.29, 0.717) is 12.1 Å². The Morgan fingerprint density at radius 3 is 2.48 bits per heavy atom. The second kappa shape index (κ2) is 8.05. The fourth-order valence-corrected chi connectivity index (χ4v) is 2.97. The molecule has 1 fully saturated rings. The van der Waals surface area contributed by atoms with Crippen molar-refractivity contribution in [2.75, 3.05) is 31.6 Å². The topological polar surface area (TPSA) is 62.2 Å². The highest BCUT2D eigenvalue weighted by molar-refractivity contribution is 5.93. The van der Waals surface area contributed by atoms with Crippen molar-refractivity contribution in [3.05, 3.63) is 48.0 Å². The first-order chi connectivity index (χ1) is 12.1.